The summed E-state index contributed by atoms with van der Waals surface area (Å²) >= 11 is 5.90. The molecule has 0 aromatic heterocycles. The zero-order chi connectivity index (χ0) is 15.6. The first-order valence-electron chi connectivity index (χ1n) is 7.28. The van der Waals surface area contributed by atoms with Gasteiger partial charge in [0.25, 0.3) is 0 Å². The molecule has 0 bridgehead atoms. The molecule has 1 aliphatic heterocycles. The maximum Gasteiger partial charge on any atom is 0.410 e. The minimum Gasteiger partial charge on any atom is -0.444 e. The molecule has 2 atom stereocenters. The molecule has 1 heterocycles. The van der Waals surface area contributed by atoms with Crippen molar-refractivity contribution in [2.45, 2.75) is 51.3 Å². The second kappa shape index (κ2) is 6.24. The summed E-state index contributed by atoms with van der Waals surface area (Å²) in [4.78, 5) is 14.0. The van der Waals surface area contributed by atoms with Crippen LogP contribution in [0.3, 0.4) is 0 Å². The quantitative estimate of drug-likeness (QED) is 0.905. The lowest BCUT2D eigenvalue weighted by Gasteiger charge is -2.31. The molecule has 2 N–H and O–H groups in total. The zero-order valence-electron chi connectivity index (χ0n) is 12.8. The number of nitrogens with zero attached hydrogens (tertiary/aromatic N) is 1. The van der Waals surface area contributed by atoms with Crippen LogP contribution in [0.25, 0.3) is 0 Å². The number of carbonyl (C=O) groups is 1. The summed E-state index contributed by atoms with van der Waals surface area (Å²) in [6.07, 6.45) is 1.56. The zero-order valence-corrected chi connectivity index (χ0v) is 13.6. The molecule has 1 aliphatic rings. The van der Waals surface area contributed by atoms with Crippen molar-refractivity contribution < 1.29 is 9.53 Å². The lowest BCUT2D eigenvalue weighted by atomic mass is 9.98. The van der Waals surface area contributed by atoms with E-state index < -0.39 is 5.60 Å². The first-order chi connectivity index (χ1) is 9.78. The van der Waals surface area contributed by atoms with E-state index in [1.54, 1.807) is 4.90 Å². The van der Waals surface area contributed by atoms with Crippen molar-refractivity contribution >= 4 is 17.7 Å². The molecule has 0 radical (unpaired) electrons. The van der Waals surface area contributed by atoms with Gasteiger partial charge in [0, 0.05) is 11.6 Å². The Kier molecular flexibility index (Phi) is 4.79. The van der Waals surface area contributed by atoms with Crippen molar-refractivity contribution in [3.63, 3.8) is 0 Å². The summed E-state index contributed by atoms with van der Waals surface area (Å²) < 4.78 is 5.47. The Hall–Kier alpha value is -1.26. The van der Waals surface area contributed by atoms with E-state index in [0.29, 0.717) is 11.6 Å². The molecule has 1 saturated heterocycles. The van der Waals surface area contributed by atoms with Crippen molar-refractivity contribution in [1.29, 1.82) is 0 Å². The van der Waals surface area contributed by atoms with Gasteiger partial charge in [0.15, 0.2) is 0 Å². The summed E-state index contributed by atoms with van der Waals surface area (Å²) in [7, 11) is 0. The van der Waals surface area contributed by atoms with Gasteiger partial charge < -0.3 is 15.4 Å². The molecular weight excluding hydrogens is 288 g/mol. The van der Waals surface area contributed by atoms with Crippen LogP contribution in [0.5, 0.6) is 0 Å². The average molecular weight is 311 g/mol. The summed E-state index contributed by atoms with van der Waals surface area (Å²) in [5.41, 5.74) is 6.84. The van der Waals surface area contributed by atoms with Gasteiger partial charge in [-0.15, -0.1) is 0 Å². The van der Waals surface area contributed by atoms with Crippen molar-refractivity contribution in [3.8, 4) is 0 Å². The van der Waals surface area contributed by atoms with Gasteiger partial charge in [-0.1, -0.05) is 23.7 Å². The SMILES string of the molecule is CC(C)(C)OC(=O)N1CCCC1C(N)c1ccc(Cl)cc1. The Bertz CT molecular complexity index is 496. The molecule has 1 fully saturated rings. The van der Waals surface area contributed by atoms with Crippen LogP contribution in [0.1, 0.15) is 45.2 Å². The monoisotopic (exact) mass is 310 g/mol. The molecule has 0 spiro atoms. The standard InChI is InChI=1S/C16H23ClN2O2/c1-16(2,3)21-15(20)19-10-4-5-13(19)14(18)11-6-8-12(17)9-7-11/h6-9,13-14H,4-5,10,18H2,1-3H3. The smallest absolute Gasteiger partial charge is 0.410 e. The van der Waals surface area contributed by atoms with Crippen LogP contribution in [-0.2, 0) is 4.74 Å². The Morgan fingerprint density at radius 1 is 1.38 bits per heavy atom. The average Bonchev–Trinajstić information content (AvgIpc) is 2.86. The molecule has 2 rings (SSSR count). The molecule has 2 unspecified atom stereocenters. The van der Waals surface area contributed by atoms with Crippen LogP contribution < -0.4 is 5.73 Å². The van der Waals surface area contributed by atoms with E-state index in [4.69, 9.17) is 22.1 Å². The molecule has 1 amide bonds. The third-order valence-corrected chi connectivity index (χ3v) is 3.85. The number of rotatable bonds is 2. The molecule has 116 valence electrons. The summed E-state index contributed by atoms with van der Waals surface area (Å²) in [6, 6.07) is 7.22. The highest BCUT2D eigenvalue weighted by Gasteiger charge is 2.36. The van der Waals surface area contributed by atoms with E-state index in [1.807, 2.05) is 45.0 Å². The third-order valence-electron chi connectivity index (χ3n) is 3.60. The summed E-state index contributed by atoms with van der Waals surface area (Å²) in [5, 5.41) is 0.682. The van der Waals surface area contributed by atoms with Gasteiger partial charge >= 0.3 is 6.09 Å². The van der Waals surface area contributed by atoms with E-state index in [-0.39, 0.29) is 18.2 Å². The third kappa shape index (κ3) is 4.11. The lowest BCUT2D eigenvalue weighted by Crippen LogP contribution is -2.44. The van der Waals surface area contributed by atoms with Gasteiger partial charge in [-0.05, 0) is 51.3 Å². The highest BCUT2D eigenvalue weighted by molar-refractivity contribution is 6.30. The van der Waals surface area contributed by atoms with Crippen molar-refractivity contribution in [1.82, 2.24) is 4.90 Å². The summed E-state index contributed by atoms with van der Waals surface area (Å²) in [6.45, 7) is 6.31. The second-order valence-corrected chi connectivity index (χ2v) is 6.90. The van der Waals surface area contributed by atoms with Crippen molar-refractivity contribution in [3.05, 3.63) is 34.9 Å². The number of ether oxygens (including phenoxy) is 1. The van der Waals surface area contributed by atoms with Crippen LogP contribution in [0, 0.1) is 0 Å². The molecule has 21 heavy (non-hydrogen) atoms. The number of likely N-dealkylation sites (tertiary alicyclic amines) is 1. The van der Waals surface area contributed by atoms with E-state index in [1.165, 1.54) is 0 Å². The molecule has 4 nitrogen and oxygen atoms in total. The van der Waals surface area contributed by atoms with Crippen molar-refractivity contribution in [2.75, 3.05) is 6.54 Å². The first kappa shape index (κ1) is 16.1. The molecule has 1 aromatic rings. The molecule has 5 heteroatoms. The van der Waals surface area contributed by atoms with Gasteiger partial charge in [0.2, 0.25) is 0 Å². The molecule has 1 aromatic carbocycles. The minimum absolute atomic E-state index is 0.0268. The Labute approximate surface area is 131 Å². The van der Waals surface area contributed by atoms with Crippen LogP contribution in [-0.4, -0.2) is 29.2 Å². The normalized spacial score (nSPS) is 20.4. The minimum atomic E-state index is -0.491. The number of benzene rings is 1. The van der Waals surface area contributed by atoms with Crippen LogP contribution in [0.4, 0.5) is 4.79 Å². The van der Waals surface area contributed by atoms with Gasteiger partial charge in [0.1, 0.15) is 5.60 Å². The molecule has 0 aliphatic carbocycles. The number of hydrogen-bond donors (Lipinski definition) is 1. The first-order valence-corrected chi connectivity index (χ1v) is 7.66. The topological polar surface area (TPSA) is 55.6 Å². The van der Waals surface area contributed by atoms with Crippen molar-refractivity contribution in [2.24, 2.45) is 5.73 Å². The van der Waals surface area contributed by atoms with Crippen LogP contribution in [0.15, 0.2) is 24.3 Å². The second-order valence-electron chi connectivity index (χ2n) is 6.46. The number of hydrogen-bond acceptors (Lipinski definition) is 3. The highest BCUT2D eigenvalue weighted by atomic mass is 35.5. The van der Waals surface area contributed by atoms with E-state index >= 15 is 0 Å². The van der Waals surface area contributed by atoms with E-state index in [2.05, 4.69) is 0 Å². The fourth-order valence-electron chi connectivity index (χ4n) is 2.62. The molecule has 0 saturated carbocycles. The number of nitrogens with two attached hydrogens (primary N) is 1. The maximum atomic E-state index is 12.3. The Morgan fingerprint density at radius 3 is 2.57 bits per heavy atom. The Morgan fingerprint density at radius 2 is 2.00 bits per heavy atom. The number of halogens is 1. The predicted molar refractivity (Wildman–Crippen MR) is 84.3 cm³/mol. The van der Waals surface area contributed by atoms with E-state index in [9.17, 15) is 4.79 Å². The van der Waals surface area contributed by atoms with Crippen LogP contribution >= 0.6 is 11.6 Å². The largest absolute Gasteiger partial charge is 0.444 e. The van der Waals surface area contributed by atoms with Gasteiger partial charge in [-0.3, -0.25) is 0 Å². The highest BCUT2D eigenvalue weighted by Crippen LogP contribution is 2.29. The fraction of sp³-hybridized carbons (Fsp3) is 0.562. The van der Waals surface area contributed by atoms with E-state index in [0.717, 1.165) is 18.4 Å². The fourth-order valence-corrected chi connectivity index (χ4v) is 2.75. The van der Waals surface area contributed by atoms with Crippen LogP contribution in [0.2, 0.25) is 5.02 Å². The number of amides is 1. The predicted octanol–water partition coefficient (Wildman–Crippen LogP) is 3.74. The Balaban J connectivity index is 2.10. The van der Waals surface area contributed by atoms with Gasteiger partial charge in [-0.2, -0.15) is 0 Å². The van der Waals surface area contributed by atoms with Gasteiger partial charge in [0.05, 0.1) is 12.1 Å². The maximum absolute atomic E-state index is 12.3. The van der Waals surface area contributed by atoms with Gasteiger partial charge in [-0.25, -0.2) is 4.79 Å². The number of carbonyl (C=O) groups excluding carboxylic acids is 1. The molecular formula is C16H23ClN2O2. The summed E-state index contributed by atoms with van der Waals surface area (Å²) in [5.74, 6) is 0. The lowest BCUT2D eigenvalue weighted by molar-refractivity contribution is 0.0206.